The van der Waals surface area contributed by atoms with Gasteiger partial charge in [0.25, 0.3) is 0 Å². The lowest BCUT2D eigenvalue weighted by Gasteiger charge is -2.29. The van der Waals surface area contributed by atoms with E-state index in [4.69, 9.17) is 14.2 Å². The van der Waals surface area contributed by atoms with Crippen molar-refractivity contribution in [3.8, 4) is 17.2 Å². The molecule has 2 aliphatic rings. The van der Waals surface area contributed by atoms with E-state index in [2.05, 4.69) is 18.7 Å². The normalized spacial score (nSPS) is 20.4. The summed E-state index contributed by atoms with van der Waals surface area (Å²) in [5.41, 5.74) is 1.81. The number of carboxylic acid groups (broad SMARTS) is 1. The topological polar surface area (TPSA) is 88.5 Å². The number of hydrogen-bond acceptors (Lipinski definition) is 6. The number of amides is 1. The number of hydrogen-bond donors (Lipinski definition) is 1. The van der Waals surface area contributed by atoms with Crippen molar-refractivity contribution in [1.82, 2.24) is 9.80 Å². The molecule has 3 unspecified atom stereocenters. The van der Waals surface area contributed by atoms with Crippen molar-refractivity contribution < 1.29 is 28.9 Å². The Labute approximate surface area is 225 Å². The zero-order valence-corrected chi connectivity index (χ0v) is 22.7. The van der Waals surface area contributed by atoms with Crippen LogP contribution in [0.25, 0.3) is 0 Å². The highest BCUT2D eigenvalue weighted by Gasteiger charge is 2.47. The first-order chi connectivity index (χ1) is 18.5. The number of carboxylic acids is 1. The van der Waals surface area contributed by atoms with Crippen LogP contribution < -0.4 is 14.2 Å². The van der Waals surface area contributed by atoms with Gasteiger partial charge in [-0.2, -0.15) is 0 Å². The van der Waals surface area contributed by atoms with Crippen LogP contribution in [0, 0.1) is 5.92 Å². The fourth-order valence-corrected chi connectivity index (χ4v) is 5.60. The molecule has 8 nitrogen and oxygen atoms in total. The molecule has 3 atom stereocenters. The maximum Gasteiger partial charge on any atom is 0.309 e. The Balaban J connectivity index is 1.60. The first-order valence-electron chi connectivity index (χ1n) is 13.7. The molecule has 0 radical (unpaired) electrons. The zero-order chi connectivity index (χ0) is 27.1. The van der Waals surface area contributed by atoms with E-state index in [0.29, 0.717) is 31.0 Å². The van der Waals surface area contributed by atoms with E-state index in [1.807, 2.05) is 47.4 Å². The monoisotopic (exact) mass is 524 g/mol. The molecular weight excluding hydrogens is 484 g/mol. The summed E-state index contributed by atoms with van der Waals surface area (Å²) in [5.74, 6) is 0.371. The smallest absolute Gasteiger partial charge is 0.309 e. The molecule has 1 N–H and O–H groups in total. The van der Waals surface area contributed by atoms with Crippen molar-refractivity contribution in [3.63, 3.8) is 0 Å². The van der Waals surface area contributed by atoms with E-state index in [9.17, 15) is 14.7 Å². The molecule has 2 aliphatic heterocycles. The third-order valence-electron chi connectivity index (χ3n) is 7.69. The minimum absolute atomic E-state index is 0.138. The van der Waals surface area contributed by atoms with E-state index < -0.39 is 11.9 Å². The van der Waals surface area contributed by atoms with Crippen LogP contribution in [-0.2, 0) is 9.59 Å². The van der Waals surface area contributed by atoms with Crippen molar-refractivity contribution in [3.05, 3.63) is 53.6 Å². The molecule has 0 aromatic heterocycles. The van der Waals surface area contributed by atoms with Crippen LogP contribution in [0.3, 0.4) is 0 Å². The zero-order valence-electron chi connectivity index (χ0n) is 22.7. The summed E-state index contributed by atoms with van der Waals surface area (Å²) in [6.07, 6.45) is 4.42. The number of likely N-dealkylation sites (tertiary alicyclic amines) is 1. The van der Waals surface area contributed by atoms with Crippen molar-refractivity contribution in [1.29, 1.82) is 0 Å². The van der Waals surface area contributed by atoms with Gasteiger partial charge in [-0.1, -0.05) is 44.9 Å². The molecule has 2 aromatic rings. The molecule has 1 saturated heterocycles. The second-order valence-electron chi connectivity index (χ2n) is 10.1. The maximum absolute atomic E-state index is 13.3. The minimum atomic E-state index is -0.852. The molecule has 0 aliphatic carbocycles. The van der Waals surface area contributed by atoms with Crippen LogP contribution in [0.1, 0.15) is 69.0 Å². The molecule has 2 aromatic carbocycles. The fourth-order valence-electron chi connectivity index (χ4n) is 5.60. The summed E-state index contributed by atoms with van der Waals surface area (Å²) in [7, 11) is 1.61. The Hall–Kier alpha value is -3.26. The Morgan fingerprint density at radius 2 is 1.66 bits per heavy atom. The van der Waals surface area contributed by atoms with Gasteiger partial charge < -0.3 is 24.2 Å². The van der Waals surface area contributed by atoms with Gasteiger partial charge in [0.05, 0.1) is 13.0 Å². The molecule has 0 bridgehead atoms. The van der Waals surface area contributed by atoms with Gasteiger partial charge in [-0.3, -0.25) is 14.5 Å². The first-order valence-corrected chi connectivity index (χ1v) is 13.7. The summed E-state index contributed by atoms with van der Waals surface area (Å²) in [6.45, 7) is 7.01. The Morgan fingerprint density at radius 3 is 2.29 bits per heavy atom. The molecule has 1 amide bonds. The van der Waals surface area contributed by atoms with Crippen molar-refractivity contribution in [2.24, 2.45) is 5.92 Å². The van der Waals surface area contributed by atoms with E-state index in [1.165, 1.54) is 0 Å². The molecule has 8 heteroatoms. The highest BCUT2D eigenvalue weighted by molar-refractivity contribution is 5.76. The lowest BCUT2D eigenvalue weighted by molar-refractivity contribution is -0.143. The largest absolute Gasteiger partial charge is 0.497 e. The van der Waals surface area contributed by atoms with E-state index >= 15 is 0 Å². The predicted octanol–water partition coefficient (Wildman–Crippen LogP) is 5.08. The van der Waals surface area contributed by atoms with E-state index in [-0.39, 0.29) is 24.7 Å². The maximum atomic E-state index is 13.3. The standard InChI is InChI=1S/C30H40N2O6/c1-4-6-15-31(16-7-5-2)27(33)14-17-32-19-24(22-10-13-25-26(18-22)38-20-37-25)28(30(34)35)29(32)21-8-11-23(36-3)12-9-21/h8-13,18,24,28-29H,4-7,14-17,19-20H2,1-3H3,(H,34,35). The number of methoxy groups -OCH3 is 1. The molecule has 38 heavy (non-hydrogen) atoms. The first kappa shape index (κ1) is 27.8. The molecule has 1 fully saturated rings. The average molecular weight is 525 g/mol. The second-order valence-corrected chi connectivity index (χ2v) is 10.1. The van der Waals surface area contributed by atoms with Gasteiger partial charge in [-0.15, -0.1) is 0 Å². The number of nitrogens with zero attached hydrogens (tertiary/aromatic N) is 2. The van der Waals surface area contributed by atoms with Gasteiger partial charge in [0, 0.05) is 44.6 Å². The Bertz CT molecular complexity index is 1080. The van der Waals surface area contributed by atoms with Crippen LogP contribution in [0.2, 0.25) is 0 Å². The van der Waals surface area contributed by atoms with Gasteiger partial charge in [-0.05, 0) is 48.2 Å². The van der Waals surface area contributed by atoms with Crippen LogP contribution in [0.4, 0.5) is 0 Å². The van der Waals surface area contributed by atoms with Crippen molar-refractivity contribution >= 4 is 11.9 Å². The molecule has 0 saturated carbocycles. The van der Waals surface area contributed by atoms with Gasteiger partial charge in [0.15, 0.2) is 11.5 Å². The van der Waals surface area contributed by atoms with Crippen LogP contribution in [0.15, 0.2) is 42.5 Å². The van der Waals surface area contributed by atoms with Gasteiger partial charge >= 0.3 is 5.97 Å². The Morgan fingerprint density at radius 1 is 1.00 bits per heavy atom. The van der Waals surface area contributed by atoms with Gasteiger partial charge in [-0.25, -0.2) is 0 Å². The number of aliphatic carboxylic acids is 1. The minimum Gasteiger partial charge on any atom is -0.497 e. The SMILES string of the molecule is CCCCN(CCCC)C(=O)CCN1CC(c2ccc3c(c2)OCO3)C(C(=O)O)C1c1ccc(OC)cc1. The summed E-state index contributed by atoms with van der Waals surface area (Å²) >= 11 is 0. The summed E-state index contributed by atoms with van der Waals surface area (Å²) in [5, 5.41) is 10.5. The van der Waals surface area contributed by atoms with Crippen LogP contribution in [0.5, 0.6) is 17.2 Å². The number of benzene rings is 2. The molecule has 206 valence electrons. The van der Waals surface area contributed by atoms with E-state index in [1.54, 1.807) is 7.11 Å². The molecule has 4 rings (SSSR count). The highest BCUT2D eigenvalue weighted by Crippen LogP contribution is 2.47. The average Bonchev–Trinajstić information content (AvgIpc) is 3.56. The number of rotatable bonds is 13. The second kappa shape index (κ2) is 13.0. The summed E-state index contributed by atoms with van der Waals surface area (Å²) in [4.78, 5) is 30.2. The van der Waals surface area contributed by atoms with Crippen molar-refractivity contribution in [2.45, 2.75) is 57.9 Å². The molecule has 2 heterocycles. The molecule has 0 spiro atoms. The lowest BCUT2D eigenvalue weighted by Crippen LogP contribution is -2.36. The van der Waals surface area contributed by atoms with Crippen LogP contribution in [-0.4, -0.2) is 66.9 Å². The van der Waals surface area contributed by atoms with Gasteiger partial charge in [0.2, 0.25) is 12.7 Å². The van der Waals surface area contributed by atoms with E-state index in [0.717, 1.165) is 55.6 Å². The van der Waals surface area contributed by atoms with Crippen molar-refractivity contribution in [2.75, 3.05) is 40.1 Å². The summed E-state index contributed by atoms with van der Waals surface area (Å²) in [6, 6.07) is 12.9. The fraction of sp³-hybridized carbons (Fsp3) is 0.533. The highest BCUT2D eigenvalue weighted by atomic mass is 16.7. The summed E-state index contributed by atoms with van der Waals surface area (Å²) < 4.78 is 16.4. The number of carbonyl (C=O) groups is 2. The number of unbranched alkanes of at least 4 members (excludes halogenated alkanes) is 2. The Kier molecular flexibility index (Phi) is 9.50. The third-order valence-corrected chi connectivity index (χ3v) is 7.69. The predicted molar refractivity (Wildman–Crippen MR) is 145 cm³/mol. The lowest BCUT2D eigenvalue weighted by atomic mass is 9.82. The van der Waals surface area contributed by atoms with Gasteiger partial charge in [0.1, 0.15) is 5.75 Å². The van der Waals surface area contributed by atoms with Crippen LogP contribution >= 0.6 is 0 Å². The number of ether oxygens (including phenoxy) is 3. The third kappa shape index (κ3) is 6.23. The quantitative estimate of drug-likeness (QED) is 0.391. The molecular formula is C30H40N2O6. The number of fused-ring (bicyclic) bond motifs is 1. The number of carbonyl (C=O) groups excluding carboxylic acids is 1.